The predicted octanol–water partition coefficient (Wildman–Crippen LogP) is 1.08. The minimum Gasteiger partial charge on any atom is -0.368 e. The Labute approximate surface area is 81.0 Å². The molecule has 0 radical (unpaired) electrons. The van der Waals surface area contributed by atoms with Crippen molar-refractivity contribution >= 4 is 5.96 Å². The van der Waals surface area contributed by atoms with E-state index in [1.54, 1.807) is 0 Å². The van der Waals surface area contributed by atoms with Gasteiger partial charge < -0.3 is 16.5 Å². The summed E-state index contributed by atoms with van der Waals surface area (Å²) >= 11 is 0. The van der Waals surface area contributed by atoms with Crippen LogP contribution in [0.5, 0.6) is 0 Å². The summed E-state index contributed by atoms with van der Waals surface area (Å²) < 4.78 is 0. The fourth-order valence-electron chi connectivity index (χ4n) is 1.18. The first-order valence-electron chi connectivity index (χ1n) is 4.97. The molecule has 0 heterocycles. The van der Waals surface area contributed by atoms with Gasteiger partial charge in [-0.05, 0) is 19.8 Å². The Balaban J connectivity index is 4.18. The lowest BCUT2D eigenvalue weighted by Crippen LogP contribution is -2.44. The second-order valence-electron chi connectivity index (χ2n) is 3.29. The van der Waals surface area contributed by atoms with E-state index in [2.05, 4.69) is 30.8 Å². The lowest BCUT2D eigenvalue weighted by Gasteiger charge is -2.28. The highest BCUT2D eigenvalue weighted by Crippen LogP contribution is 2.04. The quantitative estimate of drug-likeness (QED) is 0.292. The lowest BCUT2D eigenvalue weighted by molar-refractivity contribution is 0.312. The van der Waals surface area contributed by atoms with E-state index in [0.29, 0.717) is 12.0 Å². The zero-order valence-corrected chi connectivity index (χ0v) is 8.95. The van der Waals surface area contributed by atoms with Gasteiger partial charge in [-0.1, -0.05) is 20.3 Å². The highest BCUT2D eigenvalue weighted by molar-refractivity contribution is 5.77. The van der Waals surface area contributed by atoms with Crippen LogP contribution in [0.25, 0.3) is 0 Å². The summed E-state index contributed by atoms with van der Waals surface area (Å²) in [5.74, 6) is 5.61. The van der Waals surface area contributed by atoms with Gasteiger partial charge in [0.15, 0.2) is 0 Å². The summed E-state index contributed by atoms with van der Waals surface area (Å²) in [5.41, 5.74) is 5.69. The van der Waals surface area contributed by atoms with E-state index in [1.165, 1.54) is 0 Å². The molecule has 0 fully saturated rings. The van der Waals surface area contributed by atoms with Gasteiger partial charge in [-0.3, -0.25) is 0 Å². The summed E-state index contributed by atoms with van der Waals surface area (Å²) in [7, 11) is 0. The van der Waals surface area contributed by atoms with E-state index in [0.717, 1.165) is 25.8 Å². The summed E-state index contributed by atoms with van der Waals surface area (Å²) in [5, 5.41) is 3.53. The van der Waals surface area contributed by atoms with Crippen LogP contribution in [0.15, 0.2) is 5.10 Å². The molecule has 0 rings (SSSR count). The van der Waals surface area contributed by atoms with Crippen molar-refractivity contribution in [3.63, 3.8) is 0 Å². The van der Waals surface area contributed by atoms with Crippen LogP contribution in [0, 0.1) is 0 Å². The molecule has 1 atom stereocenters. The molecule has 0 aromatic rings. The van der Waals surface area contributed by atoms with Crippen molar-refractivity contribution < 1.29 is 0 Å². The van der Waals surface area contributed by atoms with Crippen molar-refractivity contribution in [1.82, 2.24) is 4.90 Å². The van der Waals surface area contributed by atoms with Crippen molar-refractivity contribution in [3.8, 4) is 0 Å². The second kappa shape index (κ2) is 6.57. The molecule has 78 valence electrons. The van der Waals surface area contributed by atoms with Gasteiger partial charge in [0, 0.05) is 12.6 Å². The summed E-state index contributed by atoms with van der Waals surface area (Å²) in [6.07, 6.45) is 3.34. The molecular formula is C9H22N4. The molecule has 0 saturated carbocycles. The standard InChI is InChI=1S/C9H22N4/c1-4-6-7-13(8(3)5-2)9(10)12-11/h8H,4-7,11H2,1-3H3,(H2,10,12). The molecule has 0 aromatic carbocycles. The number of nitrogens with two attached hydrogens (primary N) is 2. The zero-order valence-electron chi connectivity index (χ0n) is 8.95. The molecular weight excluding hydrogens is 164 g/mol. The number of hydrogen-bond acceptors (Lipinski definition) is 2. The first-order chi connectivity index (χ1) is 6.17. The van der Waals surface area contributed by atoms with Gasteiger partial charge in [-0.25, -0.2) is 0 Å². The average Bonchev–Trinajstić information content (AvgIpc) is 2.17. The van der Waals surface area contributed by atoms with E-state index in [-0.39, 0.29) is 0 Å². The molecule has 0 amide bonds. The Bertz CT molecular complexity index is 156. The lowest BCUT2D eigenvalue weighted by atomic mass is 10.2. The smallest absolute Gasteiger partial charge is 0.213 e. The van der Waals surface area contributed by atoms with Crippen LogP contribution in [0.3, 0.4) is 0 Å². The van der Waals surface area contributed by atoms with Crippen LogP contribution in [-0.2, 0) is 0 Å². The predicted molar refractivity (Wildman–Crippen MR) is 57.2 cm³/mol. The van der Waals surface area contributed by atoms with Gasteiger partial charge in [0.1, 0.15) is 0 Å². The van der Waals surface area contributed by atoms with Crippen LogP contribution in [0.4, 0.5) is 0 Å². The molecule has 0 aromatic heterocycles. The molecule has 0 saturated heterocycles. The Kier molecular flexibility index (Phi) is 6.10. The highest BCUT2D eigenvalue weighted by Gasteiger charge is 2.13. The van der Waals surface area contributed by atoms with E-state index in [1.807, 2.05) is 0 Å². The van der Waals surface area contributed by atoms with E-state index in [4.69, 9.17) is 11.6 Å². The molecule has 1 unspecified atom stereocenters. The first kappa shape index (κ1) is 12.1. The summed E-state index contributed by atoms with van der Waals surface area (Å²) in [6.45, 7) is 7.36. The van der Waals surface area contributed by atoms with E-state index < -0.39 is 0 Å². The maximum absolute atomic E-state index is 5.69. The molecule has 13 heavy (non-hydrogen) atoms. The fraction of sp³-hybridized carbons (Fsp3) is 0.889. The first-order valence-corrected chi connectivity index (χ1v) is 4.97. The normalized spacial score (nSPS) is 14.2. The summed E-state index contributed by atoms with van der Waals surface area (Å²) in [4.78, 5) is 2.06. The zero-order chi connectivity index (χ0) is 10.3. The number of nitrogens with zero attached hydrogens (tertiary/aromatic N) is 2. The number of unbranched alkanes of at least 4 members (excludes halogenated alkanes) is 1. The molecule has 0 aliphatic heterocycles. The Morgan fingerprint density at radius 3 is 2.46 bits per heavy atom. The van der Waals surface area contributed by atoms with Crippen LogP contribution >= 0.6 is 0 Å². The molecule has 0 aliphatic carbocycles. The minimum atomic E-state index is 0.416. The highest BCUT2D eigenvalue weighted by atomic mass is 15.3. The minimum absolute atomic E-state index is 0.416. The van der Waals surface area contributed by atoms with Crippen molar-refractivity contribution in [1.29, 1.82) is 0 Å². The summed E-state index contributed by atoms with van der Waals surface area (Å²) in [6, 6.07) is 0.416. The van der Waals surface area contributed by atoms with Crippen LogP contribution in [0.1, 0.15) is 40.0 Å². The SMILES string of the molecule is CCCCN(C(N)=NN)C(C)CC. The maximum Gasteiger partial charge on any atom is 0.213 e. The topological polar surface area (TPSA) is 67.6 Å². The van der Waals surface area contributed by atoms with Crippen LogP contribution in [-0.4, -0.2) is 23.4 Å². The molecule has 4 nitrogen and oxygen atoms in total. The largest absolute Gasteiger partial charge is 0.368 e. The van der Waals surface area contributed by atoms with Gasteiger partial charge in [0.2, 0.25) is 5.96 Å². The Morgan fingerprint density at radius 2 is 2.08 bits per heavy atom. The van der Waals surface area contributed by atoms with E-state index in [9.17, 15) is 0 Å². The molecule has 0 aliphatic rings. The third-order valence-corrected chi connectivity index (χ3v) is 2.30. The monoisotopic (exact) mass is 186 g/mol. The second-order valence-corrected chi connectivity index (χ2v) is 3.29. The van der Waals surface area contributed by atoms with Crippen molar-refractivity contribution in [3.05, 3.63) is 0 Å². The van der Waals surface area contributed by atoms with Gasteiger partial charge in [-0.15, -0.1) is 5.10 Å². The van der Waals surface area contributed by atoms with Gasteiger partial charge in [0.25, 0.3) is 0 Å². The number of hydrazone groups is 1. The molecule has 4 heteroatoms. The molecule has 0 spiro atoms. The van der Waals surface area contributed by atoms with Gasteiger partial charge >= 0.3 is 0 Å². The molecule has 0 bridgehead atoms. The fourth-order valence-corrected chi connectivity index (χ4v) is 1.18. The number of rotatable bonds is 5. The third-order valence-electron chi connectivity index (χ3n) is 2.30. The Hall–Kier alpha value is -0.930. The molecule has 4 N–H and O–H groups in total. The number of hydrogen-bond donors (Lipinski definition) is 2. The maximum atomic E-state index is 5.69. The number of guanidine groups is 1. The van der Waals surface area contributed by atoms with Gasteiger partial charge in [-0.2, -0.15) is 0 Å². The Morgan fingerprint density at radius 1 is 1.46 bits per heavy atom. The van der Waals surface area contributed by atoms with Crippen LogP contribution < -0.4 is 11.6 Å². The third kappa shape index (κ3) is 4.01. The van der Waals surface area contributed by atoms with Crippen molar-refractivity contribution in [2.24, 2.45) is 16.7 Å². The van der Waals surface area contributed by atoms with Gasteiger partial charge in [0.05, 0.1) is 0 Å². The van der Waals surface area contributed by atoms with Crippen molar-refractivity contribution in [2.45, 2.75) is 46.1 Å². The van der Waals surface area contributed by atoms with E-state index >= 15 is 0 Å². The van der Waals surface area contributed by atoms with Crippen molar-refractivity contribution in [2.75, 3.05) is 6.54 Å². The van der Waals surface area contributed by atoms with Crippen LogP contribution in [0.2, 0.25) is 0 Å². The average molecular weight is 186 g/mol.